The normalized spacial score (nSPS) is 16.7. The van der Waals surface area contributed by atoms with Crippen LogP contribution in [0.1, 0.15) is 42.5 Å². The first-order valence-electron chi connectivity index (χ1n) is 13.5. The number of cyclic esters (lactones) is 1. The number of nitrogens with zero attached hydrogens (tertiary/aromatic N) is 2. The van der Waals surface area contributed by atoms with E-state index in [1.165, 1.54) is 7.05 Å². The van der Waals surface area contributed by atoms with Crippen molar-refractivity contribution >= 4 is 34.7 Å². The Bertz CT molecular complexity index is 1700. The van der Waals surface area contributed by atoms with Gasteiger partial charge in [0, 0.05) is 23.6 Å². The third-order valence-electron chi connectivity index (χ3n) is 7.57. The minimum atomic E-state index is -1.92. The molecule has 0 bridgehead atoms. The van der Waals surface area contributed by atoms with E-state index in [0.29, 0.717) is 23.3 Å². The molecule has 2 amide bonds. The van der Waals surface area contributed by atoms with Crippen molar-refractivity contribution < 1.29 is 38.5 Å². The standard InChI is InChI=1S/C29H30N4O9/c1-4-16-17-8-15(34)6-7-21(17)32-26-18(16)11-33-22(26)9-20-19(27(33)38)12-41-28(39)29(20,5-2)42-25(37)10-31-24(36)14-40-13-23(35)30-3/h6-9,34H,4-5,10-14H2,1-3H3,(H,30,35)(H,31,36)/t29-/m0/s1. The van der Waals surface area contributed by atoms with E-state index in [9.17, 15) is 29.1 Å². The number of ether oxygens (including phenoxy) is 3. The Morgan fingerprint density at radius 3 is 2.60 bits per heavy atom. The van der Waals surface area contributed by atoms with Crippen LogP contribution in [0.4, 0.5) is 0 Å². The Morgan fingerprint density at radius 1 is 1.12 bits per heavy atom. The SMILES string of the molecule is CCc1c2c(nc3ccc(O)cc13)-c1cc3c(c(=O)n1C2)COC(=O)[C@@]3(CC)OC(=O)CNC(=O)COCC(=O)NC. The van der Waals surface area contributed by atoms with Gasteiger partial charge in [0.15, 0.2) is 0 Å². The first-order valence-corrected chi connectivity index (χ1v) is 13.5. The molecule has 4 heterocycles. The van der Waals surface area contributed by atoms with Gasteiger partial charge in [-0.1, -0.05) is 13.8 Å². The number of pyridine rings is 2. The van der Waals surface area contributed by atoms with Crippen LogP contribution in [-0.4, -0.2) is 65.2 Å². The average molecular weight is 579 g/mol. The van der Waals surface area contributed by atoms with E-state index in [0.717, 1.165) is 16.5 Å². The zero-order valence-corrected chi connectivity index (χ0v) is 23.4. The summed E-state index contributed by atoms with van der Waals surface area (Å²) in [6, 6.07) is 6.56. The smallest absolute Gasteiger partial charge is 0.355 e. The number of phenolic OH excluding ortho intramolecular Hbond substituents is 1. The van der Waals surface area contributed by atoms with Gasteiger partial charge in [-0.15, -0.1) is 0 Å². The highest BCUT2D eigenvalue weighted by atomic mass is 16.6. The zero-order chi connectivity index (χ0) is 30.2. The van der Waals surface area contributed by atoms with Crippen LogP contribution in [0.3, 0.4) is 0 Å². The summed E-state index contributed by atoms with van der Waals surface area (Å²) in [7, 11) is 1.43. The molecule has 2 aliphatic rings. The third-order valence-corrected chi connectivity index (χ3v) is 7.57. The number of fused-ring (bicyclic) bond motifs is 5. The number of likely N-dealkylation sites (N-methyl/N-ethyl adjacent to an activating group) is 1. The second-order valence-electron chi connectivity index (χ2n) is 9.96. The van der Waals surface area contributed by atoms with Crippen LogP contribution in [0, 0.1) is 0 Å². The Morgan fingerprint density at radius 2 is 1.88 bits per heavy atom. The maximum absolute atomic E-state index is 13.8. The van der Waals surface area contributed by atoms with Crippen molar-refractivity contribution in [1.82, 2.24) is 20.2 Å². The van der Waals surface area contributed by atoms with Crippen LogP contribution in [-0.2, 0) is 58.6 Å². The minimum absolute atomic E-state index is 0.0336. The van der Waals surface area contributed by atoms with Gasteiger partial charge >= 0.3 is 11.9 Å². The molecule has 0 aliphatic carbocycles. The van der Waals surface area contributed by atoms with E-state index in [1.807, 2.05) is 6.92 Å². The van der Waals surface area contributed by atoms with Crippen molar-refractivity contribution in [1.29, 1.82) is 0 Å². The summed E-state index contributed by atoms with van der Waals surface area (Å²) in [5.74, 6) is -2.73. The fourth-order valence-electron chi connectivity index (χ4n) is 5.47. The molecule has 0 unspecified atom stereocenters. The van der Waals surface area contributed by atoms with Gasteiger partial charge in [-0.05, 0) is 42.7 Å². The van der Waals surface area contributed by atoms with Gasteiger partial charge in [0.05, 0.1) is 29.0 Å². The molecule has 1 atom stereocenters. The number of aromatic nitrogens is 2. The number of hydrogen-bond acceptors (Lipinski definition) is 10. The van der Waals surface area contributed by atoms with Crippen LogP contribution in [0.5, 0.6) is 5.75 Å². The number of phenols is 1. The van der Waals surface area contributed by atoms with Crippen LogP contribution >= 0.6 is 0 Å². The van der Waals surface area contributed by atoms with Crippen molar-refractivity contribution in [3.05, 3.63) is 56.9 Å². The van der Waals surface area contributed by atoms with E-state index in [4.69, 9.17) is 19.2 Å². The van der Waals surface area contributed by atoms with Crippen LogP contribution in [0.15, 0.2) is 29.1 Å². The number of amides is 2. The molecular weight excluding hydrogens is 548 g/mol. The molecule has 220 valence electrons. The summed E-state index contributed by atoms with van der Waals surface area (Å²) in [5, 5.41) is 15.5. The molecular formula is C29H30N4O9. The average Bonchev–Trinajstić information content (AvgIpc) is 3.34. The molecule has 5 rings (SSSR count). The predicted molar refractivity (Wildman–Crippen MR) is 147 cm³/mol. The van der Waals surface area contributed by atoms with E-state index in [-0.39, 0.29) is 43.1 Å². The minimum Gasteiger partial charge on any atom is -0.508 e. The Hall–Kier alpha value is -4.78. The lowest BCUT2D eigenvalue weighted by atomic mass is 9.85. The molecule has 3 N–H and O–H groups in total. The van der Waals surface area contributed by atoms with Gasteiger partial charge in [0.25, 0.3) is 5.56 Å². The number of aromatic hydroxyl groups is 1. The summed E-state index contributed by atoms with van der Waals surface area (Å²) in [5.41, 5.74) is 1.57. The molecule has 2 aliphatic heterocycles. The number of benzene rings is 1. The fraction of sp³-hybridized carbons (Fsp3) is 0.379. The first-order chi connectivity index (χ1) is 20.1. The van der Waals surface area contributed by atoms with Crippen molar-refractivity contribution in [2.24, 2.45) is 0 Å². The number of rotatable bonds is 9. The second-order valence-corrected chi connectivity index (χ2v) is 9.96. The third kappa shape index (κ3) is 4.85. The molecule has 0 saturated heterocycles. The monoisotopic (exact) mass is 578 g/mol. The molecule has 42 heavy (non-hydrogen) atoms. The Labute approximate surface area is 239 Å². The van der Waals surface area contributed by atoms with E-state index in [2.05, 4.69) is 10.6 Å². The molecule has 2 aromatic heterocycles. The van der Waals surface area contributed by atoms with Crippen molar-refractivity contribution in [2.75, 3.05) is 26.8 Å². The highest BCUT2D eigenvalue weighted by Gasteiger charge is 2.50. The molecule has 0 radical (unpaired) electrons. The predicted octanol–water partition coefficient (Wildman–Crippen LogP) is 0.777. The van der Waals surface area contributed by atoms with Crippen molar-refractivity contribution in [3.63, 3.8) is 0 Å². The lowest BCUT2D eigenvalue weighted by Gasteiger charge is -2.35. The lowest BCUT2D eigenvalue weighted by Crippen LogP contribution is -2.48. The molecule has 0 fully saturated rings. The van der Waals surface area contributed by atoms with Crippen molar-refractivity contribution in [2.45, 2.75) is 45.4 Å². The van der Waals surface area contributed by atoms with E-state index in [1.54, 1.807) is 35.8 Å². The van der Waals surface area contributed by atoms with Gasteiger partial charge < -0.3 is 34.5 Å². The summed E-state index contributed by atoms with van der Waals surface area (Å²) in [4.78, 5) is 67.9. The topological polar surface area (TPSA) is 175 Å². The largest absolute Gasteiger partial charge is 0.508 e. The van der Waals surface area contributed by atoms with E-state index >= 15 is 0 Å². The second kappa shape index (κ2) is 11.2. The van der Waals surface area contributed by atoms with E-state index < -0.39 is 48.1 Å². The quantitative estimate of drug-likeness (QED) is 0.241. The molecule has 1 aromatic carbocycles. The number of hydrogen-bond donors (Lipinski definition) is 3. The van der Waals surface area contributed by atoms with Crippen molar-refractivity contribution in [3.8, 4) is 17.1 Å². The van der Waals surface area contributed by atoms with Gasteiger partial charge in [-0.3, -0.25) is 19.2 Å². The Kier molecular flexibility index (Phi) is 7.69. The molecule has 13 nitrogen and oxygen atoms in total. The summed E-state index contributed by atoms with van der Waals surface area (Å²) < 4.78 is 17.6. The van der Waals surface area contributed by atoms with Gasteiger partial charge in [-0.25, -0.2) is 9.78 Å². The number of esters is 2. The lowest BCUT2D eigenvalue weighted by molar-refractivity contribution is -0.189. The number of aryl methyl sites for hydroxylation is 1. The first kappa shape index (κ1) is 28.7. The van der Waals surface area contributed by atoms with Gasteiger partial charge in [0.1, 0.15) is 32.1 Å². The summed E-state index contributed by atoms with van der Waals surface area (Å²) in [6.07, 6.45) is 0.599. The van der Waals surface area contributed by atoms with Gasteiger partial charge in [-0.2, -0.15) is 0 Å². The van der Waals surface area contributed by atoms with Crippen LogP contribution < -0.4 is 16.2 Å². The molecule has 3 aromatic rings. The molecule has 13 heteroatoms. The highest BCUT2D eigenvalue weighted by molar-refractivity contribution is 5.91. The number of carbonyl (C=O) groups excluding carboxylic acids is 4. The Balaban J connectivity index is 1.48. The fourth-order valence-corrected chi connectivity index (χ4v) is 5.47. The van der Waals surface area contributed by atoms with Crippen LogP contribution in [0.2, 0.25) is 0 Å². The summed E-state index contributed by atoms with van der Waals surface area (Å²) >= 11 is 0. The number of carbonyl (C=O) groups is 4. The maximum atomic E-state index is 13.8. The summed E-state index contributed by atoms with van der Waals surface area (Å²) in [6.45, 7) is 2.20. The zero-order valence-electron chi connectivity index (χ0n) is 23.4. The van der Waals surface area contributed by atoms with Gasteiger partial charge in [0.2, 0.25) is 17.4 Å². The molecule has 0 saturated carbocycles. The maximum Gasteiger partial charge on any atom is 0.355 e. The highest BCUT2D eigenvalue weighted by Crippen LogP contribution is 2.42. The number of nitrogens with one attached hydrogen (secondary N) is 2. The van der Waals surface area contributed by atoms with Crippen LogP contribution in [0.25, 0.3) is 22.3 Å². The molecule has 0 spiro atoms.